The highest BCUT2D eigenvalue weighted by Gasteiger charge is 2.44. The molecule has 0 aliphatic carbocycles. The molecule has 20 heavy (non-hydrogen) atoms. The first-order chi connectivity index (χ1) is 9.70. The van der Waals surface area contributed by atoms with Crippen molar-refractivity contribution in [2.75, 3.05) is 19.7 Å². The maximum absolute atomic E-state index is 9.91. The molecule has 1 aromatic rings. The summed E-state index contributed by atoms with van der Waals surface area (Å²) in [7, 11) is 0. The van der Waals surface area contributed by atoms with Crippen LogP contribution in [0.4, 0.5) is 0 Å². The SMILES string of the molecule is OC[C@H]1O[C@@H](n2cnc(C3=NCCCN3)n2)[C@H](O)[C@@H]1O. The van der Waals surface area contributed by atoms with Crippen molar-refractivity contribution >= 4 is 5.84 Å². The Bertz CT molecular complexity index is 505. The van der Waals surface area contributed by atoms with Crippen molar-refractivity contribution in [1.82, 2.24) is 20.1 Å². The number of amidine groups is 1. The monoisotopic (exact) mass is 283 g/mol. The van der Waals surface area contributed by atoms with Crippen molar-refractivity contribution in [1.29, 1.82) is 0 Å². The van der Waals surface area contributed by atoms with Gasteiger partial charge in [-0.25, -0.2) is 9.67 Å². The lowest BCUT2D eigenvalue weighted by Crippen LogP contribution is -2.33. The van der Waals surface area contributed by atoms with E-state index in [1.165, 1.54) is 11.0 Å². The van der Waals surface area contributed by atoms with Gasteiger partial charge in [0.25, 0.3) is 0 Å². The first-order valence-electron chi connectivity index (χ1n) is 6.53. The van der Waals surface area contributed by atoms with Crippen LogP contribution >= 0.6 is 0 Å². The fraction of sp³-hybridized carbons (Fsp3) is 0.727. The van der Waals surface area contributed by atoms with Crippen LogP contribution < -0.4 is 5.32 Å². The van der Waals surface area contributed by atoms with E-state index in [-0.39, 0.29) is 6.61 Å². The zero-order valence-electron chi connectivity index (χ0n) is 10.8. The van der Waals surface area contributed by atoms with Crippen LogP contribution in [0.3, 0.4) is 0 Å². The molecule has 1 aromatic heterocycles. The third kappa shape index (κ3) is 2.29. The molecule has 4 N–H and O–H groups in total. The van der Waals surface area contributed by atoms with Gasteiger partial charge in [0.15, 0.2) is 12.1 Å². The van der Waals surface area contributed by atoms with Crippen LogP contribution in [-0.2, 0) is 4.74 Å². The summed E-state index contributed by atoms with van der Waals surface area (Å²) in [6.45, 7) is 1.18. The smallest absolute Gasteiger partial charge is 0.216 e. The number of nitrogens with zero attached hydrogens (tertiary/aromatic N) is 4. The van der Waals surface area contributed by atoms with E-state index in [4.69, 9.17) is 9.84 Å². The van der Waals surface area contributed by atoms with Gasteiger partial charge in [0, 0.05) is 13.1 Å². The van der Waals surface area contributed by atoms with Gasteiger partial charge >= 0.3 is 0 Å². The normalized spacial score (nSPS) is 33.9. The average molecular weight is 283 g/mol. The highest BCUT2D eigenvalue weighted by molar-refractivity contribution is 5.95. The van der Waals surface area contributed by atoms with Gasteiger partial charge < -0.3 is 25.4 Å². The molecule has 110 valence electrons. The minimum Gasteiger partial charge on any atom is -0.394 e. The molecule has 1 fully saturated rings. The summed E-state index contributed by atoms with van der Waals surface area (Å²) in [6, 6.07) is 0. The van der Waals surface area contributed by atoms with Crippen LogP contribution in [0.1, 0.15) is 18.5 Å². The largest absolute Gasteiger partial charge is 0.394 e. The molecule has 0 amide bonds. The number of ether oxygens (including phenoxy) is 1. The van der Waals surface area contributed by atoms with E-state index in [1.807, 2.05) is 0 Å². The molecule has 1 saturated heterocycles. The number of aliphatic hydroxyl groups is 3. The summed E-state index contributed by atoms with van der Waals surface area (Å²) in [6.07, 6.45) is -1.63. The third-order valence-electron chi connectivity index (χ3n) is 3.40. The summed E-state index contributed by atoms with van der Waals surface area (Å²) >= 11 is 0. The fourth-order valence-corrected chi connectivity index (χ4v) is 2.29. The van der Waals surface area contributed by atoms with E-state index in [0.717, 1.165) is 19.5 Å². The summed E-state index contributed by atoms with van der Waals surface area (Å²) in [5.41, 5.74) is 0. The first kappa shape index (κ1) is 13.4. The number of aliphatic hydroxyl groups excluding tert-OH is 3. The Morgan fingerprint density at radius 3 is 2.90 bits per heavy atom. The van der Waals surface area contributed by atoms with Gasteiger partial charge in [0.05, 0.1) is 6.61 Å². The van der Waals surface area contributed by atoms with Crippen molar-refractivity contribution in [3.05, 3.63) is 12.2 Å². The number of aromatic nitrogens is 3. The molecule has 4 atom stereocenters. The number of aliphatic imine (C=N–C) groups is 1. The van der Waals surface area contributed by atoms with E-state index in [2.05, 4.69) is 20.4 Å². The number of hydrogen-bond acceptors (Lipinski definition) is 8. The number of rotatable bonds is 3. The molecule has 0 saturated carbocycles. The van der Waals surface area contributed by atoms with Crippen molar-refractivity contribution < 1.29 is 20.1 Å². The second kappa shape index (κ2) is 5.44. The number of hydrogen-bond donors (Lipinski definition) is 4. The molecule has 0 aromatic carbocycles. The zero-order chi connectivity index (χ0) is 14.1. The molecule has 9 heteroatoms. The van der Waals surface area contributed by atoms with Gasteiger partial charge in [-0.2, -0.15) is 0 Å². The van der Waals surface area contributed by atoms with Gasteiger partial charge in [-0.3, -0.25) is 4.99 Å². The molecule has 2 aliphatic heterocycles. The Hall–Kier alpha value is -1.55. The van der Waals surface area contributed by atoms with Crippen LogP contribution in [0.15, 0.2) is 11.3 Å². The Labute approximate surface area is 114 Å². The van der Waals surface area contributed by atoms with E-state index in [0.29, 0.717) is 11.7 Å². The quantitative estimate of drug-likeness (QED) is 0.488. The standard InChI is InChI=1S/C11H17N5O4/c17-4-6-7(18)8(19)11(20-6)16-5-14-10(15-16)9-12-2-1-3-13-9/h5-8,11,17-19H,1-4H2,(H,12,13)/t6-,7-,8-,11-/m1/s1. The van der Waals surface area contributed by atoms with Gasteiger partial charge in [0.2, 0.25) is 5.82 Å². The molecule has 2 aliphatic rings. The van der Waals surface area contributed by atoms with E-state index >= 15 is 0 Å². The van der Waals surface area contributed by atoms with Crippen LogP contribution in [0.5, 0.6) is 0 Å². The van der Waals surface area contributed by atoms with Crippen molar-refractivity contribution in [2.45, 2.75) is 31.0 Å². The Morgan fingerprint density at radius 2 is 2.25 bits per heavy atom. The molecular formula is C11H17N5O4. The molecule has 9 nitrogen and oxygen atoms in total. The lowest BCUT2D eigenvalue weighted by molar-refractivity contribution is -0.0588. The summed E-state index contributed by atoms with van der Waals surface area (Å²) in [5, 5.41) is 36.0. The molecule has 0 spiro atoms. The maximum atomic E-state index is 9.91. The Morgan fingerprint density at radius 1 is 1.40 bits per heavy atom. The number of nitrogens with one attached hydrogen (secondary N) is 1. The fourth-order valence-electron chi connectivity index (χ4n) is 2.29. The van der Waals surface area contributed by atoms with Gasteiger partial charge in [0.1, 0.15) is 24.6 Å². The molecule has 0 bridgehead atoms. The van der Waals surface area contributed by atoms with Gasteiger partial charge in [-0.1, -0.05) is 0 Å². The first-order valence-corrected chi connectivity index (χ1v) is 6.53. The Kier molecular flexibility index (Phi) is 3.66. The van der Waals surface area contributed by atoms with E-state index in [1.54, 1.807) is 0 Å². The summed E-state index contributed by atoms with van der Waals surface area (Å²) in [4.78, 5) is 8.40. The van der Waals surface area contributed by atoms with Crippen molar-refractivity contribution in [3.8, 4) is 0 Å². The Balaban J connectivity index is 1.78. The van der Waals surface area contributed by atoms with Crippen LogP contribution in [0, 0.1) is 0 Å². The molecule has 0 unspecified atom stereocenters. The van der Waals surface area contributed by atoms with E-state index < -0.39 is 24.5 Å². The summed E-state index contributed by atoms with van der Waals surface area (Å²) in [5.74, 6) is 1.03. The zero-order valence-corrected chi connectivity index (χ0v) is 10.8. The van der Waals surface area contributed by atoms with Crippen molar-refractivity contribution in [2.24, 2.45) is 4.99 Å². The average Bonchev–Trinajstić information content (AvgIpc) is 3.07. The van der Waals surface area contributed by atoms with Gasteiger partial charge in [-0.05, 0) is 6.42 Å². The predicted molar refractivity (Wildman–Crippen MR) is 67.1 cm³/mol. The third-order valence-corrected chi connectivity index (χ3v) is 3.40. The molecule has 0 radical (unpaired) electrons. The topological polar surface area (TPSA) is 125 Å². The van der Waals surface area contributed by atoms with Gasteiger partial charge in [-0.15, -0.1) is 5.10 Å². The maximum Gasteiger partial charge on any atom is 0.216 e. The summed E-state index contributed by atoms with van der Waals surface area (Å²) < 4.78 is 6.70. The lowest BCUT2D eigenvalue weighted by Gasteiger charge is -2.14. The van der Waals surface area contributed by atoms with Crippen LogP contribution in [-0.4, -0.2) is 73.9 Å². The lowest BCUT2D eigenvalue weighted by atomic mass is 10.1. The molecule has 3 heterocycles. The molecular weight excluding hydrogens is 266 g/mol. The van der Waals surface area contributed by atoms with Crippen molar-refractivity contribution in [3.63, 3.8) is 0 Å². The highest BCUT2D eigenvalue weighted by Crippen LogP contribution is 2.28. The second-order valence-electron chi connectivity index (χ2n) is 4.79. The van der Waals surface area contributed by atoms with Crippen LogP contribution in [0.25, 0.3) is 0 Å². The molecule has 3 rings (SSSR count). The van der Waals surface area contributed by atoms with E-state index in [9.17, 15) is 10.2 Å². The minimum absolute atomic E-state index is 0.370. The minimum atomic E-state index is -1.16. The predicted octanol–water partition coefficient (Wildman–Crippen LogP) is -2.37. The highest BCUT2D eigenvalue weighted by atomic mass is 16.6. The second-order valence-corrected chi connectivity index (χ2v) is 4.79. The van der Waals surface area contributed by atoms with Crippen LogP contribution in [0.2, 0.25) is 0 Å².